The van der Waals surface area contributed by atoms with Crippen molar-refractivity contribution in [2.24, 2.45) is 9.98 Å². The summed E-state index contributed by atoms with van der Waals surface area (Å²) in [5, 5.41) is 11.5. The van der Waals surface area contributed by atoms with Gasteiger partial charge in [-0.15, -0.1) is 0 Å². The van der Waals surface area contributed by atoms with Gasteiger partial charge in [0.25, 0.3) is 0 Å². The minimum atomic E-state index is -0.436. The summed E-state index contributed by atoms with van der Waals surface area (Å²) >= 11 is 0. The van der Waals surface area contributed by atoms with Gasteiger partial charge in [-0.2, -0.15) is 20.2 Å². The van der Waals surface area contributed by atoms with E-state index in [2.05, 4.69) is 20.2 Å². The quantitative estimate of drug-likeness (QED) is 0.671. The fourth-order valence-electron chi connectivity index (χ4n) is 2.25. The average Bonchev–Trinajstić information content (AvgIpc) is 2.65. The summed E-state index contributed by atoms with van der Waals surface area (Å²) in [7, 11) is 0. The highest BCUT2D eigenvalue weighted by molar-refractivity contribution is 5.90. The number of carbonyl (C=O) groups is 1. The van der Waals surface area contributed by atoms with Crippen molar-refractivity contribution in [3.05, 3.63) is 33.7 Å². The molecule has 0 aliphatic carbocycles. The lowest BCUT2D eigenvalue weighted by Gasteiger charge is -2.05. The topological polar surface area (TPSA) is 67.6 Å². The van der Waals surface area contributed by atoms with Gasteiger partial charge < -0.3 is 0 Å². The van der Waals surface area contributed by atoms with Crippen LogP contribution in [0.15, 0.2) is 16.1 Å². The molecule has 1 aromatic heterocycles. The van der Waals surface area contributed by atoms with Crippen LogP contribution in [0.4, 0.5) is 4.79 Å². The molecule has 84 valence electrons. The molecule has 17 heavy (non-hydrogen) atoms. The molecule has 0 radical (unpaired) electrons. The molecular weight excluding hydrogens is 216 g/mol. The van der Waals surface area contributed by atoms with Crippen LogP contribution in [-0.4, -0.2) is 16.2 Å². The Bertz CT molecular complexity index is 792. The zero-order valence-electron chi connectivity index (χ0n) is 9.77. The molecule has 1 aliphatic rings. The predicted octanol–water partition coefficient (Wildman–Crippen LogP) is 0.928. The molecule has 0 saturated carbocycles. The standard InChI is InChI=1S/C12H10N4O/c1-5-10-7(3)16-15-6(2)8(10)4-9-11(5)14-12(17)13-9/h4H,1-3H3. The van der Waals surface area contributed by atoms with Gasteiger partial charge in [-0.25, -0.2) is 4.79 Å². The van der Waals surface area contributed by atoms with Crippen LogP contribution in [0.1, 0.15) is 17.0 Å². The van der Waals surface area contributed by atoms with Crippen molar-refractivity contribution in [3.8, 4) is 0 Å². The van der Waals surface area contributed by atoms with E-state index in [1.165, 1.54) is 0 Å². The highest BCUT2D eigenvalue weighted by atomic mass is 16.2. The highest BCUT2D eigenvalue weighted by Crippen LogP contribution is 2.18. The number of hydrogen-bond acceptors (Lipinski definition) is 3. The number of carbonyl (C=O) groups excluding carboxylic acids is 1. The van der Waals surface area contributed by atoms with Gasteiger partial charge in [-0.05, 0) is 32.4 Å². The normalized spacial score (nSPS) is 13.5. The van der Waals surface area contributed by atoms with E-state index in [0.29, 0.717) is 10.7 Å². The number of hydrogen-bond donors (Lipinski definition) is 0. The van der Waals surface area contributed by atoms with Crippen molar-refractivity contribution in [3.63, 3.8) is 0 Å². The number of fused-ring (bicyclic) bond motifs is 2. The molecule has 5 nitrogen and oxygen atoms in total. The maximum atomic E-state index is 11.2. The summed E-state index contributed by atoms with van der Waals surface area (Å²) in [6.45, 7) is 5.74. The van der Waals surface area contributed by atoms with E-state index in [-0.39, 0.29) is 0 Å². The second-order valence-corrected chi connectivity index (χ2v) is 4.17. The van der Waals surface area contributed by atoms with Crippen LogP contribution in [0.2, 0.25) is 0 Å². The van der Waals surface area contributed by atoms with Gasteiger partial charge in [-0.1, -0.05) is 0 Å². The first kappa shape index (κ1) is 10.0. The second kappa shape index (κ2) is 3.16. The molecule has 0 fully saturated rings. The van der Waals surface area contributed by atoms with Gasteiger partial charge in [0.1, 0.15) is 0 Å². The monoisotopic (exact) mass is 226 g/mol. The van der Waals surface area contributed by atoms with Crippen LogP contribution >= 0.6 is 0 Å². The molecule has 0 unspecified atom stereocenters. The van der Waals surface area contributed by atoms with E-state index in [1.807, 2.05) is 26.8 Å². The lowest BCUT2D eigenvalue weighted by Crippen LogP contribution is -2.25. The van der Waals surface area contributed by atoms with E-state index in [9.17, 15) is 4.79 Å². The van der Waals surface area contributed by atoms with Gasteiger partial charge in [0.15, 0.2) is 0 Å². The second-order valence-electron chi connectivity index (χ2n) is 4.17. The summed E-state index contributed by atoms with van der Waals surface area (Å²) < 4.78 is 0. The summed E-state index contributed by atoms with van der Waals surface area (Å²) in [5.41, 5.74) is 2.63. The lowest BCUT2D eigenvalue weighted by atomic mass is 10.0. The van der Waals surface area contributed by atoms with Crippen LogP contribution in [0, 0.1) is 20.8 Å². The van der Waals surface area contributed by atoms with Gasteiger partial charge in [0.2, 0.25) is 0 Å². The lowest BCUT2D eigenvalue weighted by molar-refractivity contribution is 0.256. The minimum Gasteiger partial charge on any atom is -0.244 e. The van der Waals surface area contributed by atoms with E-state index < -0.39 is 6.03 Å². The number of benzene rings is 1. The van der Waals surface area contributed by atoms with Gasteiger partial charge in [0, 0.05) is 10.8 Å². The Morgan fingerprint density at radius 1 is 1.00 bits per heavy atom. The molecule has 0 N–H and O–H groups in total. The zero-order chi connectivity index (χ0) is 12.2. The first-order valence-corrected chi connectivity index (χ1v) is 5.32. The van der Waals surface area contributed by atoms with Crippen molar-refractivity contribution in [1.82, 2.24) is 10.2 Å². The minimum absolute atomic E-state index is 0.436. The Hall–Kier alpha value is -2.17. The Kier molecular flexibility index (Phi) is 1.86. The molecule has 0 spiro atoms. The number of aromatic nitrogens is 2. The molecule has 1 aliphatic heterocycles. The van der Waals surface area contributed by atoms with Crippen molar-refractivity contribution in [2.45, 2.75) is 20.8 Å². The maximum Gasteiger partial charge on any atom is 0.368 e. The highest BCUT2D eigenvalue weighted by Gasteiger charge is 2.13. The van der Waals surface area contributed by atoms with Crippen LogP contribution in [-0.2, 0) is 0 Å². The molecule has 0 bridgehead atoms. The molecule has 3 rings (SSSR count). The maximum absolute atomic E-state index is 11.2. The first-order chi connectivity index (χ1) is 8.08. The van der Waals surface area contributed by atoms with Crippen LogP contribution in [0.25, 0.3) is 10.8 Å². The molecule has 0 saturated heterocycles. The van der Waals surface area contributed by atoms with E-state index in [0.717, 1.165) is 27.7 Å². The third-order valence-corrected chi connectivity index (χ3v) is 3.05. The molecule has 5 heteroatoms. The number of urea groups is 1. The van der Waals surface area contributed by atoms with Crippen molar-refractivity contribution in [1.29, 1.82) is 0 Å². The Morgan fingerprint density at radius 2 is 1.71 bits per heavy atom. The number of amides is 2. The Labute approximate surface area is 96.9 Å². The van der Waals surface area contributed by atoms with Crippen molar-refractivity contribution < 1.29 is 4.79 Å². The number of rotatable bonds is 0. The van der Waals surface area contributed by atoms with E-state index >= 15 is 0 Å². The van der Waals surface area contributed by atoms with E-state index in [1.54, 1.807) is 0 Å². The number of aryl methyl sites for hydroxylation is 3. The largest absolute Gasteiger partial charge is 0.368 e. The fourth-order valence-corrected chi connectivity index (χ4v) is 2.25. The van der Waals surface area contributed by atoms with Gasteiger partial charge in [0.05, 0.1) is 22.1 Å². The molecule has 2 heterocycles. The molecule has 0 atom stereocenters. The fraction of sp³-hybridized carbons (Fsp3) is 0.250. The Morgan fingerprint density at radius 3 is 2.47 bits per heavy atom. The summed E-state index contributed by atoms with van der Waals surface area (Å²) in [5.74, 6) is 0. The van der Waals surface area contributed by atoms with Crippen molar-refractivity contribution in [2.75, 3.05) is 0 Å². The smallest absolute Gasteiger partial charge is 0.244 e. The molecular formula is C12H10N4O. The molecule has 2 aromatic rings. The first-order valence-electron chi connectivity index (χ1n) is 5.32. The summed E-state index contributed by atoms with van der Waals surface area (Å²) in [4.78, 5) is 19.0. The third kappa shape index (κ3) is 1.28. The molecule has 2 amide bonds. The number of nitrogens with zero attached hydrogens (tertiary/aromatic N) is 4. The van der Waals surface area contributed by atoms with Crippen LogP contribution in [0.3, 0.4) is 0 Å². The van der Waals surface area contributed by atoms with Gasteiger partial charge >= 0.3 is 6.03 Å². The Balaban J connectivity index is 2.67. The van der Waals surface area contributed by atoms with Crippen LogP contribution in [0.5, 0.6) is 0 Å². The van der Waals surface area contributed by atoms with Crippen molar-refractivity contribution >= 4 is 16.8 Å². The zero-order valence-corrected chi connectivity index (χ0v) is 9.77. The summed E-state index contributed by atoms with van der Waals surface area (Å²) in [6, 6.07) is 1.43. The van der Waals surface area contributed by atoms with Crippen LogP contribution < -0.4 is 10.7 Å². The third-order valence-electron chi connectivity index (χ3n) is 3.05. The van der Waals surface area contributed by atoms with E-state index in [4.69, 9.17) is 0 Å². The predicted molar refractivity (Wildman–Crippen MR) is 61.5 cm³/mol. The molecule has 1 aromatic carbocycles. The SMILES string of the molecule is Cc1nnc(C)c2c(C)c3c(cc12)=NC(=O)N=3. The summed E-state index contributed by atoms with van der Waals surface area (Å²) in [6.07, 6.45) is 0. The average molecular weight is 226 g/mol. The van der Waals surface area contributed by atoms with Gasteiger partial charge in [-0.3, -0.25) is 0 Å².